The van der Waals surface area contributed by atoms with Crippen molar-refractivity contribution in [3.63, 3.8) is 0 Å². The molecule has 5 rings (SSSR count). The van der Waals surface area contributed by atoms with Crippen LogP contribution in [0.5, 0.6) is 0 Å². The van der Waals surface area contributed by atoms with E-state index in [2.05, 4.69) is 40.7 Å². The van der Waals surface area contributed by atoms with Crippen LogP contribution in [0, 0.1) is 67.5 Å². The standard InChI is InChI=1S/C33H45NO4/c1-19(27(37)38)33-13-11-28(2,3)17-21(33)25-22(35)15-24-30(6)16-20(18-34)26(36)29(4,5)23(30)9-10-31(24,7)32(25,8)12-14-33/h15-16,19,21,23,25H,9-14,17H2,1-8H3,(H,37,38)/t19?,21-,23-,25-,30-,31+,32+,33-/m0/s1. The summed E-state index contributed by atoms with van der Waals surface area (Å²) >= 11 is 0. The predicted molar refractivity (Wildman–Crippen MR) is 146 cm³/mol. The summed E-state index contributed by atoms with van der Waals surface area (Å²) in [6.07, 6.45) is 9.91. The topological polar surface area (TPSA) is 95.2 Å². The van der Waals surface area contributed by atoms with Crippen LogP contribution in [0.1, 0.15) is 100 Å². The molecule has 1 N–H and O–H groups in total. The maximum absolute atomic E-state index is 14.4. The second kappa shape index (κ2) is 7.92. The van der Waals surface area contributed by atoms with Gasteiger partial charge in [0.15, 0.2) is 11.6 Å². The first-order valence-electron chi connectivity index (χ1n) is 14.6. The normalized spacial score (nSPS) is 45.7. The van der Waals surface area contributed by atoms with Gasteiger partial charge >= 0.3 is 5.97 Å². The smallest absolute Gasteiger partial charge is 0.306 e. The molecule has 0 saturated heterocycles. The third kappa shape index (κ3) is 3.18. The van der Waals surface area contributed by atoms with Gasteiger partial charge in [0.2, 0.25) is 0 Å². The molecule has 0 radical (unpaired) electrons. The molecule has 0 aromatic rings. The molecule has 0 aliphatic heterocycles. The number of carboxylic acids is 1. The Morgan fingerprint density at radius 1 is 1.03 bits per heavy atom. The highest BCUT2D eigenvalue weighted by atomic mass is 16.4. The minimum atomic E-state index is -0.750. The van der Waals surface area contributed by atoms with Crippen molar-refractivity contribution in [2.24, 2.45) is 56.2 Å². The molecule has 0 aromatic heterocycles. The zero-order valence-electron chi connectivity index (χ0n) is 24.5. The summed E-state index contributed by atoms with van der Waals surface area (Å²) in [5, 5.41) is 20.1. The van der Waals surface area contributed by atoms with Crippen molar-refractivity contribution in [3.8, 4) is 6.07 Å². The summed E-state index contributed by atoms with van der Waals surface area (Å²) in [6, 6.07) is 2.17. The molecule has 0 bridgehead atoms. The van der Waals surface area contributed by atoms with Gasteiger partial charge in [-0.2, -0.15) is 5.26 Å². The number of hydrogen-bond donors (Lipinski definition) is 1. The quantitative estimate of drug-likeness (QED) is 0.427. The van der Waals surface area contributed by atoms with Crippen molar-refractivity contribution in [1.29, 1.82) is 5.26 Å². The van der Waals surface area contributed by atoms with E-state index in [1.165, 1.54) is 0 Å². The van der Waals surface area contributed by atoms with Gasteiger partial charge in [-0.1, -0.05) is 67.0 Å². The van der Waals surface area contributed by atoms with Crippen LogP contribution in [0.25, 0.3) is 0 Å². The van der Waals surface area contributed by atoms with E-state index >= 15 is 0 Å². The number of carbonyl (C=O) groups is 3. The summed E-state index contributed by atoms with van der Waals surface area (Å²) in [7, 11) is 0. The van der Waals surface area contributed by atoms with E-state index in [0.29, 0.717) is 0 Å². The lowest BCUT2D eigenvalue weighted by Gasteiger charge is -2.69. The van der Waals surface area contributed by atoms with Crippen molar-refractivity contribution < 1.29 is 19.5 Å². The fraction of sp³-hybridized carbons (Fsp3) is 0.758. The van der Waals surface area contributed by atoms with Gasteiger partial charge < -0.3 is 5.11 Å². The van der Waals surface area contributed by atoms with Crippen LogP contribution in [0.4, 0.5) is 0 Å². The van der Waals surface area contributed by atoms with E-state index in [1.54, 1.807) is 0 Å². The van der Waals surface area contributed by atoms with Crippen LogP contribution in [0.3, 0.4) is 0 Å². The van der Waals surface area contributed by atoms with E-state index < -0.39 is 22.7 Å². The molecule has 0 heterocycles. The zero-order valence-corrected chi connectivity index (χ0v) is 24.5. The zero-order chi connectivity index (χ0) is 28.3. The van der Waals surface area contributed by atoms with Gasteiger partial charge in [0.1, 0.15) is 6.07 Å². The highest BCUT2D eigenvalue weighted by Crippen LogP contribution is 2.75. The van der Waals surface area contributed by atoms with Crippen molar-refractivity contribution in [2.45, 2.75) is 100 Å². The second-order valence-electron chi connectivity index (χ2n) is 15.6. The summed E-state index contributed by atoms with van der Waals surface area (Å²) in [5.41, 5.74) is -0.803. The molecule has 5 aliphatic rings. The predicted octanol–water partition coefficient (Wildman–Crippen LogP) is 6.93. The van der Waals surface area contributed by atoms with Crippen LogP contribution < -0.4 is 0 Å². The Morgan fingerprint density at radius 2 is 1.66 bits per heavy atom. The Kier molecular flexibility index (Phi) is 5.70. The minimum absolute atomic E-state index is 0.0233. The van der Waals surface area contributed by atoms with E-state index in [1.807, 2.05) is 32.9 Å². The van der Waals surface area contributed by atoms with Gasteiger partial charge in [0.05, 0.1) is 11.5 Å². The molecule has 5 aliphatic carbocycles. The molecule has 5 nitrogen and oxygen atoms in total. The molecular weight excluding hydrogens is 474 g/mol. The lowest BCUT2D eigenvalue weighted by Crippen LogP contribution is -2.65. The lowest BCUT2D eigenvalue weighted by atomic mass is 9.33. The summed E-state index contributed by atoms with van der Waals surface area (Å²) in [4.78, 5) is 40.1. The largest absolute Gasteiger partial charge is 0.481 e. The first-order chi connectivity index (χ1) is 17.4. The molecule has 3 fully saturated rings. The van der Waals surface area contributed by atoms with Crippen LogP contribution >= 0.6 is 0 Å². The monoisotopic (exact) mass is 519 g/mol. The SMILES string of the molecule is CC(C(=O)O)[C@@]12CCC(C)(C)C[C@H]1[C@H]1C(=O)C=C3[C@@]4(C)C=C(C#N)C(=O)C(C)(C)[C@@H]4CC[C@@]3(C)[C@]1(C)CC2. The maximum Gasteiger partial charge on any atom is 0.306 e. The van der Waals surface area contributed by atoms with Gasteiger partial charge in [-0.15, -0.1) is 0 Å². The van der Waals surface area contributed by atoms with Crippen LogP contribution in [0.2, 0.25) is 0 Å². The first-order valence-corrected chi connectivity index (χ1v) is 14.6. The number of ketones is 2. The maximum atomic E-state index is 14.4. The summed E-state index contributed by atoms with van der Waals surface area (Å²) in [5.74, 6) is -1.36. The fourth-order valence-electron chi connectivity index (χ4n) is 10.7. The highest BCUT2D eigenvalue weighted by Gasteiger charge is 2.70. The number of allylic oxidation sites excluding steroid dienone is 4. The molecule has 1 unspecified atom stereocenters. The Hall–Kier alpha value is -2.22. The average Bonchev–Trinajstić information content (AvgIpc) is 2.82. The van der Waals surface area contributed by atoms with Crippen LogP contribution in [-0.4, -0.2) is 22.6 Å². The van der Waals surface area contributed by atoms with Crippen molar-refractivity contribution in [3.05, 3.63) is 23.3 Å². The number of carbonyl (C=O) groups excluding carboxylic acids is 2. The lowest BCUT2D eigenvalue weighted by molar-refractivity contribution is -0.188. The van der Waals surface area contributed by atoms with Gasteiger partial charge in [0, 0.05) is 16.7 Å². The second-order valence-corrected chi connectivity index (χ2v) is 15.6. The van der Waals surface area contributed by atoms with E-state index in [9.17, 15) is 24.8 Å². The van der Waals surface area contributed by atoms with E-state index in [4.69, 9.17) is 0 Å². The molecule has 38 heavy (non-hydrogen) atoms. The average molecular weight is 520 g/mol. The van der Waals surface area contributed by atoms with Crippen molar-refractivity contribution in [2.75, 3.05) is 0 Å². The van der Waals surface area contributed by atoms with E-state index in [0.717, 1.165) is 50.5 Å². The Bertz CT molecular complexity index is 1230. The number of carboxylic acid groups (broad SMARTS) is 1. The molecule has 206 valence electrons. The highest BCUT2D eigenvalue weighted by molar-refractivity contribution is 6.04. The number of nitriles is 1. The number of rotatable bonds is 2. The summed E-state index contributed by atoms with van der Waals surface area (Å²) in [6.45, 7) is 17.1. The Balaban J connectivity index is 1.70. The third-order valence-electron chi connectivity index (χ3n) is 13.2. The van der Waals surface area contributed by atoms with Crippen molar-refractivity contribution >= 4 is 17.5 Å². The first kappa shape index (κ1) is 27.4. The van der Waals surface area contributed by atoms with E-state index in [-0.39, 0.29) is 56.6 Å². The Morgan fingerprint density at radius 3 is 2.26 bits per heavy atom. The molecule has 3 saturated carbocycles. The summed E-state index contributed by atoms with van der Waals surface area (Å²) < 4.78 is 0. The number of Topliss-reactive ketones (excluding diaryl/α,β-unsaturated/α-hetero) is 1. The molecule has 5 heteroatoms. The molecule has 0 amide bonds. The minimum Gasteiger partial charge on any atom is -0.481 e. The van der Waals surface area contributed by atoms with Crippen molar-refractivity contribution in [1.82, 2.24) is 0 Å². The molecule has 8 atom stereocenters. The molecule has 0 aromatic carbocycles. The number of hydrogen-bond acceptors (Lipinski definition) is 4. The Labute approximate surface area is 228 Å². The third-order valence-corrected chi connectivity index (χ3v) is 13.2. The molecular formula is C33H45NO4. The van der Waals surface area contributed by atoms with Gasteiger partial charge in [0.25, 0.3) is 0 Å². The number of aliphatic carboxylic acids is 1. The fourth-order valence-corrected chi connectivity index (χ4v) is 10.7. The number of fused-ring (bicyclic) bond motifs is 7. The molecule has 0 spiro atoms. The van der Waals surface area contributed by atoms with Gasteiger partial charge in [-0.3, -0.25) is 14.4 Å². The number of nitrogens with zero attached hydrogens (tertiary/aromatic N) is 1. The van der Waals surface area contributed by atoms with Gasteiger partial charge in [-0.05, 0) is 84.5 Å². The van der Waals surface area contributed by atoms with Gasteiger partial charge in [-0.25, -0.2) is 0 Å². The van der Waals surface area contributed by atoms with Crippen LogP contribution in [-0.2, 0) is 14.4 Å². The van der Waals surface area contributed by atoms with Crippen LogP contribution in [0.15, 0.2) is 23.3 Å².